The van der Waals surface area contributed by atoms with Gasteiger partial charge in [-0.1, -0.05) is 38.1 Å². The minimum Gasteiger partial charge on any atom is -0.383 e. The summed E-state index contributed by atoms with van der Waals surface area (Å²) in [5, 5.41) is 0. The Morgan fingerprint density at radius 2 is 1.82 bits per heavy atom. The molecule has 4 N–H and O–H groups in total. The third kappa shape index (κ3) is 3.05. The van der Waals surface area contributed by atoms with E-state index in [9.17, 15) is 0 Å². The van der Waals surface area contributed by atoms with E-state index < -0.39 is 0 Å². The first-order chi connectivity index (χ1) is 8.16. The molecule has 0 saturated carbocycles. The molecule has 1 aliphatic heterocycles. The molecule has 0 atom stereocenters. The standard InChI is InChI=1S/C13H20N4/c1-9(2)10-3-5-11(6-4-10)13(14)17-12-7-15-16-8-12/h3-6,9,12,15-16H,7-8H2,1-2H3,(H2,14,17). The maximum atomic E-state index is 6.00. The molecular weight excluding hydrogens is 212 g/mol. The molecule has 2 rings (SSSR count). The van der Waals surface area contributed by atoms with E-state index in [-0.39, 0.29) is 6.04 Å². The number of hydrogen-bond acceptors (Lipinski definition) is 3. The van der Waals surface area contributed by atoms with Crippen molar-refractivity contribution in [3.63, 3.8) is 0 Å². The van der Waals surface area contributed by atoms with Gasteiger partial charge >= 0.3 is 0 Å². The molecule has 0 aromatic heterocycles. The Morgan fingerprint density at radius 3 is 2.35 bits per heavy atom. The Labute approximate surface area is 102 Å². The normalized spacial score (nSPS) is 17.9. The lowest BCUT2D eigenvalue weighted by molar-refractivity contribution is 0.689. The van der Waals surface area contributed by atoms with Crippen LogP contribution in [0.25, 0.3) is 0 Å². The molecule has 17 heavy (non-hydrogen) atoms. The van der Waals surface area contributed by atoms with Crippen LogP contribution in [0.1, 0.15) is 30.9 Å². The van der Waals surface area contributed by atoms with E-state index in [2.05, 4.69) is 41.8 Å². The van der Waals surface area contributed by atoms with Gasteiger partial charge in [0.05, 0.1) is 6.04 Å². The van der Waals surface area contributed by atoms with Gasteiger partial charge in [0.1, 0.15) is 5.84 Å². The van der Waals surface area contributed by atoms with Crippen LogP contribution < -0.4 is 16.6 Å². The summed E-state index contributed by atoms with van der Waals surface area (Å²) in [6, 6.07) is 8.56. The lowest BCUT2D eigenvalue weighted by Crippen LogP contribution is -2.21. The van der Waals surface area contributed by atoms with Crippen LogP contribution in [0.3, 0.4) is 0 Å². The van der Waals surface area contributed by atoms with Crippen LogP contribution in [0.2, 0.25) is 0 Å². The number of nitrogens with two attached hydrogens (primary N) is 1. The highest BCUT2D eigenvalue weighted by Crippen LogP contribution is 2.14. The molecule has 1 aromatic carbocycles. The third-order valence-corrected chi connectivity index (χ3v) is 3.00. The maximum Gasteiger partial charge on any atom is 0.125 e. The smallest absolute Gasteiger partial charge is 0.125 e. The summed E-state index contributed by atoms with van der Waals surface area (Å²) >= 11 is 0. The van der Waals surface area contributed by atoms with E-state index in [1.807, 2.05) is 12.1 Å². The van der Waals surface area contributed by atoms with Crippen LogP contribution >= 0.6 is 0 Å². The van der Waals surface area contributed by atoms with Gasteiger partial charge < -0.3 is 5.73 Å². The Balaban J connectivity index is 2.10. The van der Waals surface area contributed by atoms with E-state index >= 15 is 0 Å². The monoisotopic (exact) mass is 232 g/mol. The largest absolute Gasteiger partial charge is 0.383 e. The van der Waals surface area contributed by atoms with Gasteiger partial charge in [0.15, 0.2) is 0 Å². The molecule has 4 heteroatoms. The van der Waals surface area contributed by atoms with Gasteiger partial charge in [0, 0.05) is 18.7 Å². The van der Waals surface area contributed by atoms with Crippen molar-refractivity contribution >= 4 is 5.84 Å². The zero-order chi connectivity index (χ0) is 12.3. The number of benzene rings is 1. The molecule has 92 valence electrons. The van der Waals surface area contributed by atoms with Crippen molar-refractivity contribution in [2.75, 3.05) is 13.1 Å². The first kappa shape index (κ1) is 12.1. The van der Waals surface area contributed by atoms with Gasteiger partial charge in [0.25, 0.3) is 0 Å². The number of aliphatic imine (C=N–C) groups is 1. The fourth-order valence-electron chi connectivity index (χ4n) is 1.85. The summed E-state index contributed by atoms with van der Waals surface area (Å²) in [7, 11) is 0. The van der Waals surface area contributed by atoms with Crippen molar-refractivity contribution in [3.8, 4) is 0 Å². The fourth-order valence-corrected chi connectivity index (χ4v) is 1.85. The van der Waals surface area contributed by atoms with Crippen LogP contribution in [-0.4, -0.2) is 25.0 Å². The number of nitrogens with zero attached hydrogens (tertiary/aromatic N) is 1. The summed E-state index contributed by atoms with van der Waals surface area (Å²) in [4.78, 5) is 4.49. The molecule has 0 radical (unpaired) electrons. The summed E-state index contributed by atoms with van der Waals surface area (Å²) in [6.45, 7) is 6.04. The third-order valence-electron chi connectivity index (χ3n) is 3.00. The van der Waals surface area contributed by atoms with Crippen LogP contribution in [0, 0.1) is 0 Å². The summed E-state index contributed by atoms with van der Waals surface area (Å²) in [5.41, 5.74) is 14.4. The topological polar surface area (TPSA) is 62.4 Å². The molecule has 1 saturated heterocycles. The molecule has 4 nitrogen and oxygen atoms in total. The Hall–Kier alpha value is -1.39. The maximum absolute atomic E-state index is 6.00. The predicted octanol–water partition coefficient (Wildman–Crippen LogP) is 0.992. The Bertz CT molecular complexity index is 388. The molecule has 1 aromatic rings. The molecule has 1 aliphatic rings. The van der Waals surface area contributed by atoms with Crippen LogP contribution in [0.4, 0.5) is 0 Å². The quantitative estimate of drug-likeness (QED) is 0.538. The highest BCUT2D eigenvalue weighted by molar-refractivity contribution is 5.97. The van der Waals surface area contributed by atoms with Crippen molar-refractivity contribution in [2.24, 2.45) is 10.7 Å². The molecule has 0 bridgehead atoms. The van der Waals surface area contributed by atoms with Gasteiger partial charge in [-0.2, -0.15) is 0 Å². The second-order valence-electron chi connectivity index (χ2n) is 4.71. The van der Waals surface area contributed by atoms with Gasteiger partial charge in [-0.15, -0.1) is 0 Å². The van der Waals surface area contributed by atoms with Crippen LogP contribution in [0.5, 0.6) is 0 Å². The van der Waals surface area contributed by atoms with Gasteiger partial charge in [-0.3, -0.25) is 15.8 Å². The van der Waals surface area contributed by atoms with E-state index in [4.69, 9.17) is 5.73 Å². The van der Waals surface area contributed by atoms with E-state index in [1.165, 1.54) is 5.56 Å². The lowest BCUT2D eigenvalue weighted by Gasteiger charge is -2.08. The van der Waals surface area contributed by atoms with Crippen LogP contribution in [-0.2, 0) is 0 Å². The van der Waals surface area contributed by atoms with Gasteiger partial charge in [0.2, 0.25) is 0 Å². The second kappa shape index (κ2) is 5.29. The van der Waals surface area contributed by atoms with Crippen molar-refractivity contribution < 1.29 is 0 Å². The second-order valence-corrected chi connectivity index (χ2v) is 4.71. The predicted molar refractivity (Wildman–Crippen MR) is 71.0 cm³/mol. The van der Waals surface area contributed by atoms with E-state index in [1.54, 1.807) is 0 Å². The Morgan fingerprint density at radius 1 is 1.24 bits per heavy atom. The number of hydrogen-bond donors (Lipinski definition) is 3. The zero-order valence-electron chi connectivity index (χ0n) is 10.4. The first-order valence-corrected chi connectivity index (χ1v) is 6.06. The average molecular weight is 232 g/mol. The number of hydrazine groups is 1. The van der Waals surface area contributed by atoms with Crippen molar-refractivity contribution in [1.29, 1.82) is 0 Å². The molecule has 0 aliphatic carbocycles. The molecule has 0 unspecified atom stereocenters. The van der Waals surface area contributed by atoms with Crippen molar-refractivity contribution in [2.45, 2.75) is 25.8 Å². The summed E-state index contributed by atoms with van der Waals surface area (Å²) in [6.07, 6.45) is 0. The number of amidine groups is 1. The molecule has 0 spiro atoms. The lowest BCUT2D eigenvalue weighted by atomic mass is 10.0. The number of rotatable bonds is 3. The number of nitrogens with one attached hydrogen (secondary N) is 2. The van der Waals surface area contributed by atoms with Gasteiger partial charge in [-0.25, -0.2) is 0 Å². The Kier molecular flexibility index (Phi) is 3.76. The van der Waals surface area contributed by atoms with E-state index in [0.29, 0.717) is 11.8 Å². The zero-order valence-corrected chi connectivity index (χ0v) is 10.4. The fraction of sp³-hybridized carbons (Fsp3) is 0.462. The van der Waals surface area contributed by atoms with Crippen LogP contribution in [0.15, 0.2) is 29.3 Å². The molecule has 1 heterocycles. The van der Waals surface area contributed by atoms with Gasteiger partial charge in [-0.05, 0) is 11.5 Å². The van der Waals surface area contributed by atoms with Crippen molar-refractivity contribution in [3.05, 3.63) is 35.4 Å². The summed E-state index contributed by atoms with van der Waals surface area (Å²) in [5.74, 6) is 1.17. The average Bonchev–Trinajstić information content (AvgIpc) is 2.82. The highest BCUT2D eigenvalue weighted by Gasteiger charge is 2.13. The highest BCUT2D eigenvalue weighted by atomic mass is 15.4. The summed E-state index contributed by atoms with van der Waals surface area (Å²) < 4.78 is 0. The van der Waals surface area contributed by atoms with Crippen molar-refractivity contribution in [1.82, 2.24) is 10.9 Å². The first-order valence-electron chi connectivity index (χ1n) is 6.06. The molecule has 1 fully saturated rings. The minimum atomic E-state index is 0.236. The molecule has 0 amide bonds. The van der Waals surface area contributed by atoms with E-state index in [0.717, 1.165) is 18.7 Å². The minimum absolute atomic E-state index is 0.236. The molecular formula is C13H20N4. The SMILES string of the molecule is CC(C)c1ccc(C(N)=NC2CNNC2)cc1.